The van der Waals surface area contributed by atoms with E-state index in [-0.39, 0.29) is 11.3 Å². The predicted octanol–water partition coefficient (Wildman–Crippen LogP) is 3.44. The lowest BCUT2D eigenvalue weighted by atomic mass is 10.1. The van der Waals surface area contributed by atoms with Gasteiger partial charge in [-0.05, 0) is 29.8 Å². The van der Waals surface area contributed by atoms with Crippen molar-refractivity contribution in [3.8, 4) is 22.6 Å². The fraction of sp³-hybridized carbons (Fsp3) is 0.0455. The van der Waals surface area contributed by atoms with Crippen LogP contribution in [-0.4, -0.2) is 23.4 Å². The number of aromatic amines is 1. The lowest BCUT2D eigenvalue weighted by molar-refractivity contribution is 0.600. The zero-order valence-corrected chi connectivity index (χ0v) is 16.6. The SMILES string of the molecule is O=c1cc(-c2ccncc2)nc(-c2cccc(NS(=O)(=O)Cc3ccccc3)c2)[nH]1. The number of pyridine rings is 1. The Morgan fingerprint density at radius 1 is 0.867 bits per heavy atom. The van der Waals surface area contributed by atoms with Crippen LogP contribution in [0.4, 0.5) is 5.69 Å². The van der Waals surface area contributed by atoms with Crippen LogP contribution in [0.25, 0.3) is 22.6 Å². The fourth-order valence-electron chi connectivity index (χ4n) is 3.00. The lowest BCUT2D eigenvalue weighted by Gasteiger charge is -2.10. The summed E-state index contributed by atoms with van der Waals surface area (Å²) in [6, 6.07) is 20.6. The molecule has 0 aliphatic carbocycles. The zero-order valence-electron chi connectivity index (χ0n) is 15.8. The minimum absolute atomic E-state index is 0.134. The number of anilines is 1. The van der Waals surface area contributed by atoms with E-state index in [1.54, 1.807) is 73.1 Å². The molecule has 4 rings (SSSR count). The molecule has 4 aromatic rings. The highest BCUT2D eigenvalue weighted by atomic mass is 32.2. The highest BCUT2D eigenvalue weighted by Crippen LogP contribution is 2.22. The van der Waals surface area contributed by atoms with Crippen LogP contribution in [-0.2, 0) is 15.8 Å². The lowest BCUT2D eigenvalue weighted by Crippen LogP contribution is -2.15. The Kier molecular flexibility index (Phi) is 5.40. The summed E-state index contributed by atoms with van der Waals surface area (Å²) in [4.78, 5) is 23.3. The second-order valence-electron chi connectivity index (χ2n) is 6.64. The molecule has 0 saturated heterocycles. The molecule has 0 unspecified atom stereocenters. The third-order valence-corrected chi connectivity index (χ3v) is 5.59. The second-order valence-corrected chi connectivity index (χ2v) is 8.36. The molecule has 2 aromatic heterocycles. The molecule has 0 aliphatic heterocycles. The standard InChI is InChI=1S/C22H18N4O3S/c27-21-14-20(17-9-11-23-12-10-17)24-22(25-21)18-7-4-8-19(13-18)26-30(28,29)15-16-5-2-1-3-6-16/h1-14,26H,15H2,(H,24,25,27). The van der Waals surface area contributed by atoms with Crippen molar-refractivity contribution in [2.45, 2.75) is 5.75 Å². The van der Waals surface area contributed by atoms with Gasteiger partial charge in [0.2, 0.25) is 10.0 Å². The van der Waals surface area contributed by atoms with Crippen LogP contribution in [0.1, 0.15) is 5.56 Å². The number of aromatic nitrogens is 3. The number of hydrogen-bond acceptors (Lipinski definition) is 5. The first-order valence-corrected chi connectivity index (χ1v) is 10.8. The quantitative estimate of drug-likeness (QED) is 0.499. The minimum Gasteiger partial charge on any atom is -0.306 e. The number of hydrogen-bond donors (Lipinski definition) is 2. The first-order valence-electron chi connectivity index (χ1n) is 9.15. The van der Waals surface area contributed by atoms with E-state index in [0.717, 1.165) is 5.56 Å². The Balaban J connectivity index is 1.62. The molecule has 2 aromatic carbocycles. The molecule has 2 heterocycles. The molecule has 7 nitrogen and oxygen atoms in total. The third kappa shape index (κ3) is 4.79. The number of sulfonamides is 1. The van der Waals surface area contributed by atoms with Gasteiger partial charge >= 0.3 is 0 Å². The Bertz CT molecular complexity index is 1320. The van der Waals surface area contributed by atoms with Crippen LogP contribution in [0.2, 0.25) is 0 Å². The Hall–Kier alpha value is -3.78. The van der Waals surface area contributed by atoms with E-state index in [1.807, 2.05) is 6.07 Å². The van der Waals surface area contributed by atoms with Gasteiger partial charge in [-0.15, -0.1) is 0 Å². The predicted molar refractivity (Wildman–Crippen MR) is 116 cm³/mol. The smallest absolute Gasteiger partial charge is 0.251 e. The number of rotatable bonds is 6. The molecule has 8 heteroatoms. The number of benzene rings is 2. The average molecular weight is 418 g/mol. The van der Waals surface area contributed by atoms with Crippen molar-refractivity contribution in [3.63, 3.8) is 0 Å². The van der Waals surface area contributed by atoms with E-state index in [4.69, 9.17) is 0 Å². The Morgan fingerprint density at radius 2 is 1.63 bits per heavy atom. The van der Waals surface area contributed by atoms with Crippen LogP contribution < -0.4 is 10.3 Å². The number of nitrogens with zero attached hydrogens (tertiary/aromatic N) is 2. The molecular weight excluding hydrogens is 400 g/mol. The molecule has 0 fully saturated rings. The summed E-state index contributed by atoms with van der Waals surface area (Å²) in [6.07, 6.45) is 3.25. The maximum absolute atomic E-state index is 12.5. The van der Waals surface area contributed by atoms with Gasteiger partial charge in [-0.25, -0.2) is 13.4 Å². The second kappa shape index (κ2) is 8.30. The van der Waals surface area contributed by atoms with E-state index in [9.17, 15) is 13.2 Å². The van der Waals surface area contributed by atoms with E-state index in [1.165, 1.54) is 6.07 Å². The van der Waals surface area contributed by atoms with E-state index >= 15 is 0 Å². The number of nitrogens with one attached hydrogen (secondary N) is 2. The summed E-state index contributed by atoms with van der Waals surface area (Å²) in [5.74, 6) is 0.212. The van der Waals surface area contributed by atoms with Gasteiger partial charge in [-0.3, -0.25) is 14.5 Å². The van der Waals surface area contributed by atoms with Gasteiger partial charge < -0.3 is 4.98 Å². The Morgan fingerprint density at radius 3 is 2.40 bits per heavy atom. The van der Waals surface area contributed by atoms with Crippen molar-refractivity contribution < 1.29 is 8.42 Å². The highest BCUT2D eigenvalue weighted by Gasteiger charge is 2.13. The van der Waals surface area contributed by atoms with E-state index in [2.05, 4.69) is 19.7 Å². The molecule has 0 bridgehead atoms. The van der Waals surface area contributed by atoms with E-state index < -0.39 is 10.0 Å². The summed E-state index contributed by atoms with van der Waals surface area (Å²) >= 11 is 0. The largest absolute Gasteiger partial charge is 0.306 e. The fourth-order valence-corrected chi connectivity index (χ4v) is 4.19. The topological polar surface area (TPSA) is 105 Å². The van der Waals surface area contributed by atoms with Crippen molar-refractivity contribution in [2.24, 2.45) is 0 Å². The van der Waals surface area contributed by atoms with Crippen molar-refractivity contribution in [3.05, 3.63) is 101 Å². The first kappa shape index (κ1) is 19.5. The summed E-state index contributed by atoms with van der Waals surface area (Å²) in [5, 5.41) is 0. The van der Waals surface area contributed by atoms with Gasteiger partial charge in [0.15, 0.2) is 0 Å². The molecule has 150 valence electrons. The summed E-state index contributed by atoms with van der Waals surface area (Å²) < 4.78 is 27.6. The molecule has 0 atom stereocenters. The van der Waals surface area contributed by atoms with Gasteiger partial charge in [0.1, 0.15) is 5.82 Å². The highest BCUT2D eigenvalue weighted by molar-refractivity contribution is 7.91. The van der Waals surface area contributed by atoms with Crippen LogP contribution >= 0.6 is 0 Å². The van der Waals surface area contributed by atoms with Crippen LogP contribution in [0.5, 0.6) is 0 Å². The molecule has 2 N–H and O–H groups in total. The summed E-state index contributed by atoms with van der Waals surface area (Å²) in [5.41, 5.74) is 2.63. The molecule has 0 aliphatic rings. The van der Waals surface area contributed by atoms with Crippen molar-refractivity contribution in [1.82, 2.24) is 15.0 Å². The number of H-pyrrole nitrogens is 1. The maximum atomic E-state index is 12.5. The van der Waals surface area contributed by atoms with Gasteiger partial charge in [0.05, 0.1) is 11.4 Å². The zero-order chi connectivity index (χ0) is 21.0. The van der Waals surface area contributed by atoms with Crippen molar-refractivity contribution in [1.29, 1.82) is 0 Å². The Labute approximate surface area is 173 Å². The molecular formula is C22H18N4O3S. The molecule has 0 amide bonds. The van der Waals surface area contributed by atoms with E-state index in [0.29, 0.717) is 28.3 Å². The third-order valence-electron chi connectivity index (χ3n) is 4.33. The summed E-state index contributed by atoms with van der Waals surface area (Å²) in [6.45, 7) is 0. The molecule has 0 radical (unpaired) electrons. The van der Waals surface area contributed by atoms with Crippen molar-refractivity contribution >= 4 is 15.7 Å². The molecule has 30 heavy (non-hydrogen) atoms. The first-order chi connectivity index (χ1) is 14.5. The maximum Gasteiger partial charge on any atom is 0.251 e. The van der Waals surface area contributed by atoms with Gasteiger partial charge in [0.25, 0.3) is 5.56 Å². The minimum atomic E-state index is -3.60. The molecule has 0 spiro atoms. The van der Waals surface area contributed by atoms with Gasteiger partial charge in [-0.1, -0.05) is 42.5 Å². The van der Waals surface area contributed by atoms with Crippen molar-refractivity contribution in [2.75, 3.05) is 4.72 Å². The average Bonchev–Trinajstić information content (AvgIpc) is 2.74. The molecule has 0 saturated carbocycles. The van der Waals surface area contributed by atoms with Gasteiger partial charge in [0, 0.05) is 35.3 Å². The normalized spacial score (nSPS) is 11.2. The van der Waals surface area contributed by atoms with Gasteiger partial charge in [-0.2, -0.15) is 0 Å². The summed E-state index contributed by atoms with van der Waals surface area (Å²) in [7, 11) is -3.60. The monoisotopic (exact) mass is 418 g/mol. The van der Waals surface area contributed by atoms with Crippen LogP contribution in [0, 0.1) is 0 Å². The van der Waals surface area contributed by atoms with Crippen LogP contribution in [0.3, 0.4) is 0 Å². The van der Waals surface area contributed by atoms with Crippen LogP contribution in [0.15, 0.2) is 90.0 Å².